The number of aromatic nitrogens is 3. The molecule has 1 aliphatic heterocycles. The van der Waals surface area contributed by atoms with Gasteiger partial charge >= 0.3 is 11.9 Å². The van der Waals surface area contributed by atoms with Gasteiger partial charge in [0.05, 0.1) is 27.1 Å². The molecule has 9 nitrogen and oxygen atoms in total. The van der Waals surface area contributed by atoms with Crippen molar-refractivity contribution in [2.45, 2.75) is 43.9 Å². The Hall–Kier alpha value is -4.66. The molecule has 1 saturated heterocycles. The second-order valence-electron chi connectivity index (χ2n) is 11.1. The summed E-state index contributed by atoms with van der Waals surface area (Å²) in [5.41, 5.74) is -5.19. The number of rotatable bonds is 5. The first-order valence-corrected chi connectivity index (χ1v) is 15.8. The number of sulfone groups is 1. The van der Waals surface area contributed by atoms with Crippen LogP contribution >= 0.6 is 0 Å². The minimum Gasteiger partial charge on any atom is -0.347 e. The smallest absolute Gasteiger partial charge is 0.347 e. The van der Waals surface area contributed by atoms with Gasteiger partial charge in [0.1, 0.15) is 17.3 Å². The SMILES string of the molecule is C=CC(=O)N1C[C@H](C)N(c2nc(=O)n(-c3c(C)cccc3S(C)(=O)=O)c3nc(-c4c(F)cccc4C(F)(F)F)c(F)cc23)[C@@H](C)C1. The topological polar surface area (TPSA) is 105 Å². The number of carbonyl (C=O) groups excluding carboxylic acids is 1. The highest BCUT2D eigenvalue weighted by atomic mass is 32.2. The number of aryl methyl sites for hydroxylation is 1. The maximum atomic E-state index is 16.0. The highest BCUT2D eigenvalue weighted by molar-refractivity contribution is 7.90. The van der Waals surface area contributed by atoms with Gasteiger partial charge < -0.3 is 9.80 Å². The largest absolute Gasteiger partial charge is 0.417 e. The van der Waals surface area contributed by atoms with Gasteiger partial charge in [-0.15, -0.1) is 0 Å². The molecule has 5 rings (SSSR count). The van der Waals surface area contributed by atoms with Gasteiger partial charge in [0, 0.05) is 31.4 Å². The summed E-state index contributed by atoms with van der Waals surface area (Å²) in [6.45, 7) is 8.79. The normalized spacial score (nSPS) is 17.4. The fourth-order valence-electron chi connectivity index (χ4n) is 5.95. The van der Waals surface area contributed by atoms with Gasteiger partial charge in [0.2, 0.25) is 5.91 Å². The first-order valence-electron chi connectivity index (χ1n) is 13.9. The average Bonchev–Trinajstić information content (AvgIpc) is 2.95. The predicted molar refractivity (Wildman–Crippen MR) is 162 cm³/mol. The van der Waals surface area contributed by atoms with Crippen molar-refractivity contribution in [1.29, 1.82) is 0 Å². The summed E-state index contributed by atoms with van der Waals surface area (Å²) in [4.78, 5) is 37.6. The molecule has 1 fully saturated rings. The first kappa shape index (κ1) is 32.7. The minimum absolute atomic E-state index is 0.0982. The zero-order valence-corrected chi connectivity index (χ0v) is 25.9. The predicted octanol–water partition coefficient (Wildman–Crippen LogP) is 5.07. The van der Waals surface area contributed by atoms with Crippen molar-refractivity contribution >= 4 is 32.6 Å². The van der Waals surface area contributed by atoms with E-state index in [0.717, 1.165) is 35.1 Å². The third-order valence-electron chi connectivity index (χ3n) is 7.83. The first-order chi connectivity index (χ1) is 21.4. The van der Waals surface area contributed by atoms with Crippen LogP contribution < -0.4 is 10.6 Å². The Balaban J connectivity index is 1.91. The molecule has 2 atom stereocenters. The molecule has 0 N–H and O–H groups in total. The number of pyridine rings is 1. The van der Waals surface area contributed by atoms with Crippen molar-refractivity contribution in [2.24, 2.45) is 0 Å². The summed E-state index contributed by atoms with van der Waals surface area (Å²) in [5.74, 6) is -3.19. The number of nitrogens with zero attached hydrogens (tertiary/aromatic N) is 5. The van der Waals surface area contributed by atoms with Crippen LogP contribution in [-0.4, -0.2) is 65.2 Å². The zero-order chi connectivity index (χ0) is 33.9. The second-order valence-corrected chi connectivity index (χ2v) is 13.1. The molecule has 1 aliphatic rings. The van der Waals surface area contributed by atoms with E-state index in [9.17, 15) is 31.2 Å². The zero-order valence-electron chi connectivity index (χ0n) is 25.1. The van der Waals surface area contributed by atoms with Crippen molar-refractivity contribution in [3.05, 3.63) is 88.4 Å². The molecule has 0 saturated carbocycles. The third-order valence-corrected chi connectivity index (χ3v) is 8.96. The summed E-state index contributed by atoms with van der Waals surface area (Å²) in [7, 11) is -4.01. The van der Waals surface area contributed by atoms with E-state index in [4.69, 9.17) is 0 Å². The van der Waals surface area contributed by atoms with Crippen LogP contribution in [0.15, 0.2) is 64.8 Å². The number of anilines is 1. The summed E-state index contributed by atoms with van der Waals surface area (Å²) >= 11 is 0. The Morgan fingerprint density at radius 1 is 1.02 bits per heavy atom. The van der Waals surface area contributed by atoms with Crippen LogP contribution in [0.25, 0.3) is 28.0 Å². The van der Waals surface area contributed by atoms with Crippen LogP contribution in [0.3, 0.4) is 0 Å². The number of carbonyl (C=O) groups is 1. The Morgan fingerprint density at radius 3 is 2.24 bits per heavy atom. The molecule has 46 heavy (non-hydrogen) atoms. The van der Waals surface area contributed by atoms with Gasteiger partial charge in [-0.25, -0.2) is 31.5 Å². The molecule has 15 heteroatoms. The molecule has 0 unspecified atom stereocenters. The number of halogens is 5. The van der Waals surface area contributed by atoms with E-state index in [2.05, 4.69) is 16.5 Å². The fraction of sp³-hybridized carbons (Fsp3) is 0.290. The molecule has 0 radical (unpaired) electrons. The summed E-state index contributed by atoms with van der Waals surface area (Å²) in [5, 5.41) is -0.157. The number of benzene rings is 2. The molecule has 242 valence electrons. The van der Waals surface area contributed by atoms with E-state index in [1.54, 1.807) is 18.7 Å². The minimum atomic E-state index is -5.10. The second kappa shape index (κ2) is 11.6. The maximum Gasteiger partial charge on any atom is 0.417 e. The van der Waals surface area contributed by atoms with Crippen LogP contribution in [0.1, 0.15) is 25.0 Å². The van der Waals surface area contributed by atoms with Crippen molar-refractivity contribution < 1.29 is 35.2 Å². The average molecular weight is 662 g/mol. The lowest BCUT2D eigenvalue weighted by molar-refractivity contribution is -0.137. The van der Waals surface area contributed by atoms with Gasteiger partial charge in [-0.2, -0.15) is 18.2 Å². The maximum absolute atomic E-state index is 16.0. The molecule has 0 bridgehead atoms. The van der Waals surface area contributed by atoms with E-state index >= 15 is 8.78 Å². The number of para-hydroxylation sites is 1. The van der Waals surface area contributed by atoms with Crippen molar-refractivity contribution in [3.8, 4) is 16.9 Å². The lowest BCUT2D eigenvalue weighted by atomic mass is 10.0. The molecule has 4 aromatic rings. The number of fused-ring (bicyclic) bond motifs is 1. The Bertz CT molecular complexity index is 2070. The molecule has 0 aliphatic carbocycles. The monoisotopic (exact) mass is 661 g/mol. The molecule has 2 aromatic carbocycles. The fourth-order valence-corrected chi connectivity index (χ4v) is 6.88. The van der Waals surface area contributed by atoms with Crippen LogP contribution in [-0.2, 0) is 20.8 Å². The summed E-state index contributed by atoms with van der Waals surface area (Å²) < 4.78 is 99.7. The van der Waals surface area contributed by atoms with E-state index < -0.39 is 67.9 Å². The number of hydrogen-bond acceptors (Lipinski definition) is 7. The number of hydrogen-bond donors (Lipinski definition) is 0. The van der Waals surface area contributed by atoms with Crippen molar-refractivity contribution in [1.82, 2.24) is 19.4 Å². The number of piperazine rings is 1. The van der Waals surface area contributed by atoms with E-state index in [0.29, 0.717) is 6.07 Å². The number of alkyl halides is 3. The Labute approximate surface area is 260 Å². The summed E-state index contributed by atoms with van der Waals surface area (Å²) in [6, 6.07) is 6.08. The quantitative estimate of drug-likeness (QED) is 0.217. The molecule has 1 amide bonds. The summed E-state index contributed by atoms with van der Waals surface area (Å²) in [6.07, 6.45) is -3.04. The lowest BCUT2D eigenvalue weighted by Crippen LogP contribution is -2.58. The van der Waals surface area contributed by atoms with Crippen LogP contribution in [0.4, 0.5) is 27.8 Å². The van der Waals surface area contributed by atoms with E-state index in [1.165, 1.54) is 30.0 Å². The van der Waals surface area contributed by atoms with Crippen LogP contribution in [0, 0.1) is 18.6 Å². The number of amides is 1. The van der Waals surface area contributed by atoms with Gasteiger partial charge in [0.25, 0.3) is 0 Å². The van der Waals surface area contributed by atoms with Gasteiger partial charge in [-0.3, -0.25) is 4.79 Å². The third kappa shape index (κ3) is 5.63. The van der Waals surface area contributed by atoms with Gasteiger partial charge in [0.15, 0.2) is 21.3 Å². The lowest BCUT2D eigenvalue weighted by Gasteiger charge is -2.45. The van der Waals surface area contributed by atoms with Crippen molar-refractivity contribution in [2.75, 3.05) is 24.2 Å². The highest BCUT2D eigenvalue weighted by Crippen LogP contribution is 2.40. The van der Waals surface area contributed by atoms with Crippen LogP contribution in [0.5, 0.6) is 0 Å². The molecule has 2 aromatic heterocycles. The van der Waals surface area contributed by atoms with Gasteiger partial charge in [-0.05, 0) is 56.7 Å². The Morgan fingerprint density at radius 2 is 1.65 bits per heavy atom. The van der Waals surface area contributed by atoms with Crippen LogP contribution in [0.2, 0.25) is 0 Å². The van der Waals surface area contributed by atoms with E-state index in [1.807, 2.05) is 0 Å². The molecule has 0 spiro atoms. The Kier molecular flexibility index (Phi) is 8.26. The standard InChI is InChI=1S/C31H28F5N5O4S/c1-6-24(42)39-14-17(3)40(18(4)15-39)29-19-13-22(33)26(25-20(31(34,35)36)10-8-11-21(25)32)37-28(19)41(30(43)38-29)27-16(2)9-7-12-23(27)46(5,44)45/h6-13,17-18H,1,14-15H2,2-5H3/t17-,18-/m0/s1. The highest BCUT2D eigenvalue weighted by Gasteiger charge is 2.38. The molecule has 3 heterocycles. The van der Waals surface area contributed by atoms with Gasteiger partial charge in [-0.1, -0.05) is 24.8 Å². The van der Waals surface area contributed by atoms with E-state index in [-0.39, 0.29) is 46.3 Å². The molecular formula is C31H28F5N5O4S. The molecular weight excluding hydrogens is 633 g/mol. The van der Waals surface area contributed by atoms with Crippen molar-refractivity contribution in [3.63, 3.8) is 0 Å².